The van der Waals surface area contributed by atoms with E-state index in [2.05, 4.69) is 5.32 Å². The second kappa shape index (κ2) is 4.28. The number of hydrogen-bond acceptors (Lipinski definition) is 4. The van der Waals surface area contributed by atoms with Crippen molar-refractivity contribution >= 4 is 5.97 Å². The molecule has 0 bridgehead atoms. The maximum atomic E-state index is 11.6. The zero-order valence-corrected chi connectivity index (χ0v) is 9.04. The highest BCUT2D eigenvalue weighted by Gasteiger charge is 2.29. The molecule has 2 unspecified atom stereocenters. The molecule has 4 nitrogen and oxygen atoms in total. The van der Waals surface area contributed by atoms with Gasteiger partial charge in [0.05, 0.1) is 6.10 Å². The molecule has 1 rings (SSSR count). The first-order valence-corrected chi connectivity index (χ1v) is 5.03. The number of carbonyl (C=O) groups is 1. The summed E-state index contributed by atoms with van der Waals surface area (Å²) < 4.78 is 5.21. The Labute approximate surface area is 84.6 Å². The smallest absolute Gasteiger partial charge is 0.323 e. The molecule has 2 atom stereocenters. The maximum Gasteiger partial charge on any atom is 0.323 e. The largest absolute Gasteiger partial charge is 0.459 e. The van der Waals surface area contributed by atoms with Crippen LogP contribution in [0.4, 0.5) is 0 Å². The molecule has 1 aliphatic rings. The zero-order valence-electron chi connectivity index (χ0n) is 9.04. The Morgan fingerprint density at radius 1 is 1.50 bits per heavy atom. The van der Waals surface area contributed by atoms with Crippen LogP contribution in [0, 0.1) is 0 Å². The van der Waals surface area contributed by atoms with Gasteiger partial charge in [-0.3, -0.25) is 4.79 Å². The van der Waals surface area contributed by atoms with Gasteiger partial charge in [-0.25, -0.2) is 0 Å². The second-order valence-corrected chi connectivity index (χ2v) is 4.72. The Hall–Kier alpha value is -0.610. The molecule has 0 aromatic heterocycles. The molecule has 0 saturated carbocycles. The molecule has 1 saturated heterocycles. The number of rotatable bonds is 1. The van der Waals surface area contributed by atoms with Gasteiger partial charge in [0.1, 0.15) is 11.6 Å². The molecule has 4 heteroatoms. The molecule has 0 spiro atoms. The van der Waals surface area contributed by atoms with E-state index in [1.54, 1.807) is 0 Å². The number of esters is 1. The number of ether oxygens (including phenoxy) is 1. The maximum absolute atomic E-state index is 11.6. The van der Waals surface area contributed by atoms with Gasteiger partial charge in [-0.2, -0.15) is 0 Å². The summed E-state index contributed by atoms with van der Waals surface area (Å²) in [7, 11) is 0. The Morgan fingerprint density at radius 2 is 2.14 bits per heavy atom. The van der Waals surface area contributed by atoms with Crippen LogP contribution in [0.5, 0.6) is 0 Å². The first-order chi connectivity index (χ1) is 6.38. The molecule has 0 amide bonds. The van der Waals surface area contributed by atoms with Gasteiger partial charge in [-0.15, -0.1) is 0 Å². The van der Waals surface area contributed by atoms with Crippen LogP contribution in [-0.4, -0.2) is 35.4 Å². The number of hydrogen-bond donors (Lipinski definition) is 2. The van der Waals surface area contributed by atoms with Crippen molar-refractivity contribution in [1.82, 2.24) is 5.32 Å². The molecule has 1 fully saturated rings. The van der Waals surface area contributed by atoms with E-state index in [9.17, 15) is 9.90 Å². The third kappa shape index (κ3) is 3.64. The highest BCUT2D eigenvalue weighted by Crippen LogP contribution is 2.14. The van der Waals surface area contributed by atoms with Gasteiger partial charge in [-0.05, 0) is 40.2 Å². The van der Waals surface area contributed by atoms with Crippen molar-refractivity contribution in [2.45, 2.75) is 51.4 Å². The third-order valence-electron chi connectivity index (χ3n) is 2.07. The summed E-state index contributed by atoms with van der Waals surface area (Å²) in [5.41, 5.74) is -0.457. The lowest BCUT2D eigenvalue weighted by molar-refractivity contribution is -0.159. The number of aliphatic hydroxyl groups excluding tert-OH is 1. The topological polar surface area (TPSA) is 58.6 Å². The van der Waals surface area contributed by atoms with E-state index in [1.807, 2.05) is 20.8 Å². The monoisotopic (exact) mass is 201 g/mol. The van der Waals surface area contributed by atoms with Crippen LogP contribution < -0.4 is 5.32 Å². The SMILES string of the molecule is CC(C)(C)OC(=O)C1CC(O)CCN1. The Bertz CT molecular complexity index is 210. The van der Waals surface area contributed by atoms with Gasteiger partial charge < -0.3 is 15.2 Å². The molecular weight excluding hydrogens is 182 g/mol. The van der Waals surface area contributed by atoms with Gasteiger partial charge in [0.2, 0.25) is 0 Å². The summed E-state index contributed by atoms with van der Waals surface area (Å²) in [6.07, 6.45) is 0.780. The Balaban J connectivity index is 2.44. The van der Waals surface area contributed by atoms with Crippen LogP contribution in [0.3, 0.4) is 0 Å². The van der Waals surface area contributed by atoms with E-state index in [-0.39, 0.29) is 18.1 Å². The number of carbonyl (C=O) groups excluding carboxylic acids is 1. The van der Waals surface area contributed by atoms with E-state index in [4.69, 9.17) is 4.74 Å². The van der Waals surface area contributed by atoms with Crippen molar-refractivity contribution in [3.05, 3.63) is 0 Å². The summed E-state index contributed by atoms with van der Waals surface area (Å²) >= 11 is 0. The van der Waals surface area contributed by atoms with Crippen molar-refractivity contribution in [2.24, 2.45) is 0 Å². The van der Waals surface area contributed by atoms with Gasteiger partial charge in [0.15, 0.2) is 0 Å². The summed E-state index contributed by atoms with van der Waals surface area (Å²) in [6, 6.07) is -0.349. The summed E-state index contributed by atoms with van der Waals surface area (Å²) in [5.74, 6) is -0.267. The van der Waals surface area contributed by atoms with Crippen molar-refractivity contribution in [3.8, 4) is 0 Å². The van der Waals surface area contributed by atoms with Crippen molar-refractivity contribution in [1.29, 1.82) is 0 Å². The Morgan fingerprint density at radius 3 is 2.64 bits per heavy atom. The number of piperidine rings is 1. The quantitative estimate of drug-likeness (QED) is 0.604. The predicted octanol–water partition coefficient (Wildman–Crippen LogP) is 0.441. The average molecular weight is 201 g/mol. The van der Waals surface area contributed by atoms with E-state index >= 15 is 0 Å². The fourth-order valence-corrected chi connectivity index (χ4v) is 1.45. The van der Waals surface area contributed by atoms with Crippen LogP contribution in [0.25, 0.3) is 0 Å². The summed E-state index contributed by atoms with van der Waals surface area (Å²) in [5, 5.41) is 12.4. The lowest BCUT2D eigenvalue weighted by atomic mass is 10.0. The van der Waals surface area contributed by atoms with Crippen molar-refractivity contribution in [2.75, 3.05) is 6.54 Å². The van der Waals surface area contributed by atoms with E-state index in [1.165, 1.54) is 0 Å². The summed E-state index contributed by atoms with van der Waals surface area (Å²) in [6.45, 7) is 6.18. The highest BCUT2D eigenvalue weighted by atomic mass is 16.6. The molecule has 82 valence electrons. The van der Waals surface area contributed by atoms with E-state index in [0.717, 1.165) is 0 Å². The standard InChI is InChI=1S/C10H19NO3/c1-10(2,3)14-9(13)8-6-7(12)4-5-11-8/h7-8,11-12H,4-6H2,1-3H3. The van der Waals surface area contributed by atoms with Gasteiger partial charge in [0.25, 0.3) is 0 Å². The minimum atomic E-state index is -0.457. The molecule has 0 aromatic carbocycles. The lowest BCUT2D eigenvalue weighted by Gasteiger charge is -2.29. The Kier molecular flexibility index (Phi) is 3.50. The lowest BCUT2D eigenvalue weighted by Crippen LogP contribution is -2.47. The highest BCUT2D eigenvalue weighted by molar-refractivity contribution is 5.76. The van der Waals surface area contributed by atoms with Gasteiger partial charge in [-0.1, -0.05) is 0 Å². The minimum Gasteiger partial charge on any atom is -0.459 e. The molecule has 1 heterocycles. The fraction of sp³-hybridized carbons (Fsp3) is 0.900. The number of aliphatic hydroxyl groups is 1. The van der Waals surface area contributed by atoms with Crippen LogP contribution in [0.1, 0.15) is 33.6 Å². The average Bonchev–Trinajstić information content (AvgIpc) is 2.01. The molecular formula is C10H19NO3. The first-order valence-electron chi connectivity index (χ1n) is 5.03. The van der Waals surface area contributed by atoms with Gasteiger partial charge in [0, 0.05) is 0 Å². The van der Waals surface area contributed by atoms with Crippen LogP contribution in [-0.2, 0) is 9.53 Å². The number of nitrogens with one attached hydrogen (secondary N) is 1. The van der Waals surface area contributed by atoms with E-state index in [0.29, 0.717) is 19.4 Å². The molecule has 1 aliphatic heterocycles. The van der Waals surface area contributed by atoms with Gasteiger partial charge >= 0.3 is 5.97 Å². The van der Waals surface area contributed by atoms with Crippen molar-refractivity contribution in [3.63, 3.8) is 0 Å². The van der Waals surface area contributed by atoms with Crippen LogP contribution in [0.2, 0.25) is 0 Å². The zero-order chi connectivity index (χ0) is 10.8. The van der Waals surface area contributed by atoms with Crippen molar-refractivity contribution < 1.29 is 14.6 Å². The molecule has 0 radical (unpaired) electrons. The summed E-state index contributed by atoms with van der Waals surface area (Å²) in [4.78, 5) is 11.6. The third-order valence-corrected chi connectivity index (χ3v) is 2.07. The van der Waals surface area contributed by atoms with Crippen LogP contribution >= 0.6 is 0 Å². The fourth-order valence-electron chi connectivity index (χ4n) is 1.45. The predicted molar refractivity (Wildman–Crippen MR) is 52.9 cm³/mol. The molecule has 2 N–H and O–H groups in total. The van der Waals surface area contributed by atoms with Crippen LogP contribution in [0.15, 0.2) is 0 Å². The second-order valence-electron chi connectivity index (χ2n) is 4.72. The normalized spacial score (nSPS) is 28.6. The minimum absolute atomic E-state index is 0.267. The molecule has 14 heavy (non-hydrogen) atoms. The van der Waals surface area contributed by atoms with E-state index < -0.39 is 5.60 Å². The molecule has 0 aromatic rings. The first kappa shape index (κ1) is 11.5. The molecule has 0 aliphatic carbocycles.